The van der Waals surface area contributed by atoms with E-state index in [1.807, 2.05) is 49.4 Å². The summed E-state index contributed by atoms with van der Waals surface area (Å²) < 4.78 is 0. The lowest BCUT2D eigenvalue weighted by atomic mass is 10.1. The summed E-state index contributed by atoms with van der Waals surface area (Å²) in [4.78, 5) is 23.3. The predicted molar refractivity (Wildman–Crippen MR) is 98.5 cm³/mol. The van der Waals surface area contributed by atoms with Crippen molar-refractivity contribution in [3.8, 4) is 0 Å². The van der Waals surface area contributed by atoms with E-state index < -0.39 is 11.2 Å². The number of benzene rings is 2. The number of carboxylic acids is 1. The van der Waals surface area contributed by atoms with Gasteiger partial charge in [-0.3, -0.25) is 9.59 Å². The van der Waals surface area contributed by atoms with Crippen molar-refractivity contribution in [2.45, 2.75) is 25.0 Å². The van der Waals surface area contributed by atoms with Crippen LogP contribution in [0.15, 0.2) is 54.6 Å². The molecule has 0 saturated carbocycles. The normalized spacial score (nSPS) is 11.7. The van der Waals surface area contributed by atoms with Gasteiger partial charge in [0.05, 0.1) is 5.75 Å². The van der Waals surface area contributed by atoms with Crippen LogP contribution in [0.1, 0.15) is 17.5 Å². The zero-order chi connectivity index (χ0) is 17.4. The lowest BCUT2D eigenvalue weighted by Crippen LogP contribution is -2.22. The molecule has 24 heavy (non-hydrogen) atoms. The molecule has 0 heterocycles. The van der Waals surface area contributed by atoms with Crippen LogP contribution >= 0.6 is 11.8 Å². The first-order chi connectivity index (χ1) is 11.5. The third-order valence-electron chi connectivity index (χ3n) is 3.56. The van der Waals surface area contributed by atoms with Gasteiger partial charge < -0.3 is 10.4 Å². The van der Waals surface area contributed by atoms with Gasteiger partial charge in [0.1, 0.15) is 5.25 Å². The van der Waals surface area contributed by atoms with E-state index in [2.05, 4.69) is 5.32 Å². The molecule has 2 N–H and O–H groups in total. The van der Waals surface area contributed by atoms with E-state index in [1.54, 1.807) is 12.1 Å². The van der Waals surface area contributed by atoms with E-state index in [1.165, 1.54) is 17.3 Å². The highest BCUT2D eigenvalue weighted by Gasteiger charge is 2.19. The van der Waals surface area contributed by atoms with Crippen molar-refractivity contribution in [3.05, 3.63) is 65.7 Å². The fourth-order valence-corrected chi connectivity index (χ4v) is 3.08. The number of carboxylic acid groups (broad SMARTS) is 1. The van der Waals surface area contributed by atoms with Crippen molar-refractivity contribution in [1.82, 2.24) is 0 Å². The molecule has 1 unspecified atom stereocenters. The second kappa shape index (κ2) is 9.13. The van der Waals surface area contributed by atoms with Gasteiger partial charge in [0.2, 0.25) is 5.91 Å². The molecule has 1 amide bonds. The maximum atomic E-state index is 11.9. The number of hydrogen-bond acceptors (Lipinski definition) is 3. The molecule has 2 aromatic carbocycles. The highest BCUT2D eigenvalue weighted by Crippen LogP contribution is 2.19. The van der Waals surface area contributed by atoms with Gasteiger partial charge in [-0.25, -0.2) is 0 Å². The first kappa shape index (κ1) is 18.1. The molecule has 2 aromatic rings. The van der Waals surface area contributed by atoms with Crippen LogP contribution in [0.5, 0.6) is 0 Å². The van der Waals surface area contributed by atoms with Gasteiger partial charge in [0.25, 0.3) is 0 Å². The van der Waals surface area contributed by atoms with Gasteiger partial charge in [0.15, 0.2) is 0 Å². The Labute approximate surface area is 146 Å². The Kier molecular flexibility index (Phi) is 6.88. The van der Waals surface area contributed by atoms with Crippen LogP contribution in [-0.4, -0.2) is 28.0 Å². The number of aryl methyl sites for hydroxylation is 2. The zero-order valence-electron chi connectivity index (χ0n) is 13.6. The average molecular weight is 343 g/mol. The molecular formula is C19H21NO3S. The first-order valence-electron chi connectivity index (χ1n) is 7.79. The average Bonchev–Trinajstić information content (AvgIpc) is 2.57. The topological polar surface area (TPSA) is 66.4 Å². The molecule has 0 saturated heterocycles. The van der Waals surface area contributed by atoms with Crippen LogP contribution in [0, 0.1) is 6.92 Å². The molecule has 0 bridgehead atoms. The van der Waals surface area contributed by atoms with E-state index in [-0.39, 0.29) is 11.7 Å². The maximum absolute atomic E-state index is 11.9. The molecule has 4 nitrogen and oxygen atoms in total. The maximum Gasteiger partial charge on any atom is 0.316 e. The molecule has 1 atom stereocenters. The zero-order valence-corrected chi connectivity index (χ0v) is 14.4. The van der Waals surface area contributed by atoms with Crippen molar-refractivity contribution in [3.63, 3.8) is 0 Å². The second-order valence-electron chi connectivity index (χ2n) is 5.58. The molecular weight excluding hydrogens is 322 g/mol. The number of carbonyl (C=O) groups excluding carboxylic acids is 1. The van der Waals surface area contributed by atoms with Gasteiger partial charge in [-0.05, 0) is 37.5 Å². The van der Waals surface area contributed by atoms with E-state index in [4.69, 9.17) is 0 Å². The number of aliphatic carboxylic acids is 1. The molecule has 0 aliphatic heterocycles. The molecule has 0 radical (unpaired) electrons. The molecule has 0 aliphatic rings. The molecule has 0 aromatic heterocycles. The van der Waals surface area contributed by atoms with Crippen LogP contribution in [0.2, 0.25) is 0 Å². The summed E-state index contributed by atoms with van der Waals surface area (Å²) in [5, 5.41) is 11.5. The minimum atomic E-state index is -0.875. The third-order valence-corrected chi connectivity index (χ3v) is 4.83. The number of nitrogens with one attached hydrogen (secondary N) is 1. The smallest absolute Gasteiger partial charge is 0.316 e. The number of carbonyl (C=O) groups is 2. The van der Waals surface area contributed by atoms with Crippen molar-refractivity contribution in [2.24, 2.45) is 0 Å². The summed E-state index contributed by atoms with van der Waals surface area (Å²) in [6, 6.07) is 17.2. The van der Waals surface area contributed by atoms with E-state index in [0.717, 1.165) is 11.3 Å². The lowest BCUT2D eigenvalue weighted by molar-refractivity contribution is -0.136. The number of para-hydroxylation sites is 1. The molecule has 126 valence electrons. The summed E-state index contributed by atoms with van der Waals surface area (Å²) in [5.74, 6) is -0.938. The Morgan fingerprint density at radius 3 is 2.38 bits per heavy atom. The van der Waals surface area contributed by atoms with Gasteiger partial charge in [0, 0.05) is 5.69 Å². The Hall–Kier alpha value is -2.27. The number of rotatable bonds is 8. The Morgan fingerprint density at radius 1 is 1.08 bits per heavy atom. The monoisotopic (exact) mass is 343 g/mol. The van der Waals surface area contributed by atoms with Gasteiger partial charge >= 0.3 is 5.97 Å². The van der Waals surface area contributed by atoms with Crippen molar-refractivity contribution >= 4 is 29.3 Å². The van der Waals surface area contributed by atoms with Crippen molar-refractivity contribution in [1.29, 1.82) is 0 Å². The lowest BCUT2D eigenvalue weighted by Gasteiger charge is -2.12. The summed E-state index contributed by atoms with van der Waals surface area (Å²) >= 11 is 1.17. The van der Waals surface area contributed by atoms with Crippen LogP contribution in [0.25, 0.3) is 0 Å². The molecule has 0 aliphatic carbocycles. The largest absolute Gasteiger partial charge is 0.480 e. The predicted octanol–water partition coefficient (Wildman–Crippen LogP) is 3.75. The third kappa shape index (κ3) is 6.08. The van der Waals surface area contributed by atoms with Crippen LogP contribution in [0.3, 0.4) is 0 Å². The number of amides is 1. The minimum Gasteiger partial charge on any atom is -0.480 e. The van der Waals surface area contributed by atoms with Crippen LogP contribution in [0.4, 0.5) is 5.69 Å². The number of thioether (sulfide) groups is 1. The Bertz CT molecular complexity index is 671. The van der Waals surface area contributed by atoms with Crippen molar-refractivity contribution < 1.29 is 14.7 Å². The highest BCUT2D eigenvalue weighted by molar-refractivity contribution is 8.01. The van der Waals surface area contributed by atoms with Gasteiger partial charge in [-0.1, -0.05) is 48.0 Å². The SMILES string of the molecule is Cc1ccc(CCC(SCC(=O)Nc2ccccc2)C(=O)O)cc1. The standard InChI is InChI=1S/C19H21NO3S/c1-14-7-9-15(10-8-14)11-12-17(19(22)23)24-13-18(21)20-16-5-3-2-4-6-16/h2-10,17H,11-13H2,1H3,(H,20,21)(H,22,23). The van der Waals surface area contributed by atoms with E-state index in [9.17, 15) is 14.7 Å². The number of anilines is 1. The fraction of sp³-hybridized carbons (Fsp3) is 0.263. The second-order valence-corrected chi connectivity index (χ2v) is 6.77. The van der Waals surface area contributed by atoms with E-state index in [0.29, 0.717) is 12.8 Å². The number of hydrogen-bond donors (Lipinski definition) is 2. The molecule has 0 spiro atoms. The summed E-state index contributed by atoms with van der Waals surface area (Å²) in [5.41, 5.74) is 3.01. The van der Waals surface area contributed by atoms with Gasteiger partial charge in [-0.2, -0.15) is 0 Å². The molecule has 2 rings (SSSR count). The molecule has 0 fully saturated rings. The summed E-state index contributed by atoms with van der Waals surface area (Å²) in [6.07, 6.45) is 1.19. The van der Waals surface area contributed by atoms with E-state index >= 15 is 0 Å². The summed E-state index contributed by atoms with van der Waals surface area (Å²) in [7, 11) is 0. The van der Waals surface area contributed by atoms with Gasteiger partial charge in [-0.15, -0.1) is 11.8 Å². The van der Waals surface area contributed by atoms with Crippen LogP contribution in [-0.2, 0) is 16.0 Å². The Morgan fingerprint density at radius 2 is 1.75 bits per heavy atom. The highest BCUT2D eigenvalue weighted by atomic mass is 32.2. The van der Waals surface area contributed by atoms with Crippen molar-refractivity contribution in [2.75, 3.05) is 11.1 Å². The quantitative estimate of drug-likeness (QED) is 0.766. The minimum absolute atomic E-state index is 0.125. The fourth-order valence-electron chi connectivity index (χ4n) is 2.23. The first-order valence-corrected chi connectivity index (χ1v) is 8.84. The Balaban J connectivity index is 1.81. The van der Waals surface area contributed by atoms with Crippen LogP contribution < -0.4 is 5.32 Å². The molecule has 5 heteroatoms. The summed E-state index contributed by atoms with van der Waals surface area (Å²) in [6.45, 7) is 2.02.